The van der Waals surface area contributed by atoms with E-state index in [2.05, 4.69) is 33.9 Å². The van der Waals surface area contributed by atoms with Crippen LogP contribution in [-0.2, 0) is 0 Å². The lowest BCUT2D eigenvalue weighted by molar-refractivity contribution is 0.275. The fraction of sp³-hybridized carbons (Fsp3) is 0.500. The molecule has 0 aliphatic heterocycles. The Labute approximate surface area is 111 Å². The van der Waals surface area contributed by atoms with Crippen molar-refractivity contribution in [2.24, 2.45) is 5.92 Å². The van der Waals surface area contributed by atoms with Gasteiger partial charge in [0.05, 0.1) is 6.61 Å². The van der Waals surface area contributed by atoms with Gasteiger partial charge < -0.3 is 10.5 Å². The van der Waals surface area contributed by atoms with Gasteiger partial charge in [0.2, 0.25) is 5.95 Å². The number of nitrogens with zero attached hydrogens (tertiary/aromatic N) is 5. The molecule has 0 amide bonds. The van der Waals surface area contributed by atoms with E-state index in [0.717, 1.165) is 12.8 Å². The summed E-state index contributed by atoms with van der Waals surface area (Å²) in [7, 11) is 0. The molecule has 2 heterocycles. The minimum atomic E-state index is 0.124. The number of hydrogen-bond donors (Lipinski definition) is 1. The van der Waals surface area contributed by atoms with Crippen molar-refractivity contribution in [2.45, 2.75) is 26.7 Å². The first-order valence-corrected chi connectivity index (χ1v) is 6.29. The van der Waals surface area contributed by atoms with Crippen molar-refractivity contribution in [1.82, 2.24) is 24.7 Å². The van der Waals surface area contributed by atoms with E-state index in [9.17, 15) is 0 Å². The molecule has 102 valence electrons. The lowest BCUT2D eigenvalue weighted by Crippen LogP contribution is -2.10. The highest BCUT2D eigenvalue weighted by Crippen LogP contribution is 2.10. The van der Waals surface area contributed by atoms with Gasteiger partial charge in [0, 0.05) is 12.4 Å². The second-order valence-electron chi connectivity index (χ2n) is 4.61. The smallest absolute Gasteiger partial charge is 0.323 e. The van der Waals surface area contributed by atoms with Crippen LogP contribution in [0.1, 0.15) is 26.7 Å². The number of nitrogens with two attached hydrogens (primary N) is 1. The zero-order chi connectivity index (χ0) is 13.7. The van der Waals surface area contributed by atoms with Crippen LogP contribution in [-0.4, -0.2) is 31.3 Å². The molecule has 0 saturated heterocycles. The molecule has 0 spiro atoms. The summed E-state index contributed by atoms with van der Waals surface area (Å²) >= 11 is 0. The summed E-state index contributed by atoms with van der Waals surface area (Å²) in [5.41, 5.74) is 5.63. The lowest BCUT2D eigenvalue weighted by atomic mass is 10.1. The van der Waals surface area contributed by atoms with E-state index in [1.165, 1.54) is 4.68 Å². The average Bonchev–Trinajstić information content (AvgIpc) is 2.87. The van der Waals surface area contributed by atoms with Gasteiger partial charge in [-0.1, -0.05) is 13.8 Å². The van der Waals surface area contributed by atoms with Crippen molar-refractivity contribution in [3.63, 3.8) is 0 Å². The normalized spacial score (nSPS) is 10.9. The molecular formula is C12H18N6O. The first-order chi connectivity index (χ1) is 9.15. The van der Waals surface area contributed by atoms with Gasteiger partial charge in [-0.3, -0.25) is 0 Å². The number of hydrogen-bond acceptors (Lipinski definition) is 6. The van der Waals surface area contributed by atoms with Crippen LogP contribution in [0.25, 0.3) is 5.95 Å². The molecule has 0 atom stereocenters. The standard InChI is InChI=1S/C12H18N6O/c1-9(2)5-3-8-19-12-16-10(13)15-11(17-12)18-7-4-6-14-18/h4,6-7,9H,3,5,8H2,1-2H3,(H2,13,15,16,17). The maximum Gasteiger partial charge on any atom is 0.323 e. The number of ether oxygens (including phenoxy) is 1. The molecule has 2 aromatic rings. The summed E-state index contributed by atoms with van der Waals surface area (Å²) in [5, 5.41) is 4.04. The highest BCUT2D eigenvalue weighted by Gasteiger charge is 2.07. The van der Waals surface area contributed by atoms with Gasteiger partial charge in [0.25, 0.3) is 5.95 Å². The SMILES string of the molecule is CC(C)CCCOc1nc(N)nc(-n2cccn2)n1. The molecule has 2 rings (SSSR count). The monoisotopic (exact) mass is 262 g/mol. The molecule has 7 nitrogen and oxygen atoms in total. The third-order valence-corrected chi connectivity index (χ3v) is 2.49. The van der Waals surface area contributed by atoms with Crippen LogP contribution in [0.2, 0.25) is 0 Å². The molecule has 7 heteroatoms. The van der Waals surface area contributed by atoms with Crippen molar-refractivity contribution in [3.05, 3.63) is 18.5 Å². The van der Waals surface area contributed by atoms with Crippen LogP contribution < -0.4 is 10.5 Å². The molecular weight excluding hydrogens is 244 g/mol. The predicted octanol–water partition coefficient (Wildman–Crippen LogP) is 1.45. The Morgan fingerprint density at radius 1 is 1.32 bits per heavy atom. The number of anilines is 1. The molecule has 0 bridgehead atoms. The van der Waals surface area contributed by atoms with E-state index in [1.54, 1.807) is 18.5 Å². The average molecular weight is 262 g/mol. The van der Waals surface area contributed by atoms with E-state index in [4.69, 9.17) is 10.5 Å². The summed E-state index contributed by atoms with van der Waals surface area (Å²) in [6.07, 6.45) is 5.44. The van der Waals surface area contributed by atoms with Gasteiger partial charge in [0.1, 0.15) is 0 Å². The second kappa shape index (κ2) is 6.12. The van der Waals surface area contributed by atoms with Crippen molar-refractivity contribution in [3.8, 4) is 12.0 Å². The Hall–Kier alpha value is -2.18. The van der Waals surface area contributed by atoms with Crippen molar-refractivity contribution < 1.29 is 4.74 Å². The van der Waals surface area contributed by atoms with E-state index < -0.39 is 0 Å². The summed E-state index contributed by atoms with van der Waals surface area (Å²) in [6.45, 7) is 4.92. The zero-order valence-corrected chi connectivity index (χ0v) is 11.2. The van der Waals surface area contributed by atoms with Crippen LogP contribution in [0.3, 0.4) is 0 Å². The molecule has 2 aromatic heterocycles. The largest absolute Gasteiger partial charge is 0.463 e. The van der Waals surface area contributed by atoms with Crippen molar-refractivity contribution in [2.75, 3.05) is 12.3 Å². The van der Waals surface area contributed by atoms with Crippen LogP contribution >= 0.6 is 0 Å². The minimum Gasteiger partial charge on any atom is -0.463 e. The van der Waals surface area contributed by atoms with Crippen LogP contribution in [0.15, 0.2) is 18.5 Å². The fourth-order valence-electron chi connectivity index (χ4n) is 1.57. The molecule has 0 aliphatic rings. The minimum absolute atomic E-state index is 0.124. The Kier molecular flexibility index (Phi) is 4.27. The first kappa shape index (κ1) is 13.3. The zero-order valence-electron chi connectivity index (χ0n) is 11.2. The molecule has 0 aromatic carbocycles. The van der Waals surface area contributed by atoms with Gasteiger partial charge in [-0.15, -0.1) is 0 Å². The molecule has 0 aliphatic carbocycles. The molecule has 2 N–H and O–H groups in total. The van der Waals surface area contributed by atoms with Gasteiger partial charge in [0.15, 0.2) is 0 Å². The summed E-state index contributed by atoms with van der Waals surface area (Å²) in [4.78, 5) is 12.1. The summed E-state index contributed by atoms with van der Waals surface area (Å²) in [6, 6.07) is 2.02. The molecule has 0 radical (unpaired) electrons. The summed E-state index contributed by atoms with van der Waals surface area (Å²) < 4.78 is 7.01. The Bertz CT molecular complexity index is 511. The van der Waals surface area contributed by atoms with Gasteiger partial charge in [-0.05, 0) is 24.8 Å². The summed E-state index contributed by atoms with van der Waals surface area (Å²) in [5.74, 6) is 1.14. The van der Waals surface area contributed by atoms with E-state index in [1.807, 2.05) is 0 Å². The van der Waals surface area contributed by atoms with Gasteiger partial charge >= 0.3 is 6.01 Å². The predicted molar refractivity (Wildman–Crippen MR) is 70.9 cm³/mol. The maximum absolute atomic E-state index is 5.63. The molecule has 0 saturated carbocycles. The van der Waals surface area contributed by atoms with Crippen molar-refractivity contribution in [1.29, 1.82) is 0 Å². The van der Waals surface area contributed by atoms with Crippen molar-refractivity contribution >= 4 is 5.95 Å². The second-order valence-corrected chi connectivity index (χ2v) is 4.61. The lowest BCUT2D eigenvalue weighted by Gasteiger charge is -2.07. The highest BCUT2D eigenvalue weighted by molar-refractivity contribution is 5.24. The maximum atomic E-state index is 5.63. The van der Waals surface area contributed by atoms with Crippen LogP contribution in [0.4, 0.5) is 5.95 Å². The topological polar surface area (TPSA) is 91.7 Å². The third-order valence-electron chi connectivity index (χ3n) is 2.49. The van der Waals surface area contributed by atoms with E-state index in [0.29, 0.717) is 18.5 Å². The van der Waals surface area contributed by atoms with E-state index >= 15 is 0 Å². The Balaban J connectivity index is 2.01. The number of rotatable bonds is 6. The van der Waals surface area contributed by atoms with E-state index in [-0.39, 0.29) is 12.0 Å². The van der Waals surface area contributed by atoms with Gasteiger partial charge in [-0.25, -0.2) is 4.68 Å². The molecule has 0 fully saturated rings. The Morgan fingerprint density at radius 2 is 2.16 bits per heavy atom. The Morgan fingerprint density at radius 3 is 2.84 bits per heavy atom. The first-order valence-electron chi connectivity index (χ1n) is 6.29. The molecule has 19 heavy (non-hydrogen) atoms. The van der Waals surface area contributed by atoms with Crippen LogP contribution in [0, 0.1) is 5.92 Å². The molecule has 0 unspecified atom stereocenters. The third kappa shape index (κ3) is 3.90. The fourth-order valence-corrected chi connectivity index (χ4v) is 1.57. The quantitative estimate of drug-likeness (QED) is 0.792. The number of aromatic nitrogens is 5. The van der Waals surface area contributed by atoms with Gasteiger partial charge in [-0.2, -0.15) is 20.1 Å². The highest BCUT2D eigenvalue weighted by atomic mass is 16.5. The number of nitrogen functional groups attached to an aromatic ring is 1. The van der Waals surface area contributed by atoms with Crippen LogP contribution in [0.5, 0.6) is 6.01 Å².